The van der Waals surface area contributed by atoms with Crippen LogP contribution in [0.15, 0.2) is 48.5 Å². The summed E-state index contributed by atoms with van der Waals surface area (Å²) in [6.07, 6.45) is -5.25. The Morgan fingerprint density at radius 2 is 1.76 bits per heavy atom. The van der Waals surface area contributed by atoms with Crippen LogP contribution in [0, 0.1) is 25.7 Å². The molecule has 0 saturated carbocycles. The third-order valence-electron chi connectivity index (χ3n) is 6.16. The summed E-state index contributed by atoms with van der Waals surface area (Å²) < 4.78 is 46.7. The number of halogens is 4. The van der Waals surface area contributed by atoms with E-state index in [1.54, 1.807) is 33.2 Å². The monoisotopic (exact) mass is 588 g/mol. The minimum absolute atomic E-state index is 0.133. The van der Waals surface area contributed by atoms with Crippen LogP contribution in [-0.2, 0) is 0 Å². The maximum atomic E-state index is 12.7. The first-order valence-corrected chi connectivity index (χ1v) is 13.2. The number of pyridine rings is 1. The predicted octanol–water partition coefficient (Wildman–Crippen LogP) is 6.27. The van der Waals surface area contributed by atoms with Crippen molar-refractivity contribution in [3.8, 4) is 34.5 Å². The van der Waals surface area contributed by atoms with Crippen LogP contribution < -0.4 is 20.1 Å². The predicted molar refractivity (Wildman–Crippen MR) is 153 cm³/mol. The highest BCUT2D eigenvalue weighted by Crippen LogP contribution is 2.40. The first kappa shape index (κ1) is 31.7. The van der Waals surface area contributed by atoms with E-state index in [4.69, 9.17) is 16.3 Å². The molecule has 2 N–H and O–H groups in total. The maximum Gasteiger partial charge on any atom is 0.573 e. The van der Waals surface area contributed by atoms with Gasteiger partial charge in [-0.25, -0.2) is 4.79 Å². The molecule has 0 saturated heterocycles. The van der Waals surface area contributed by atoms with Crippen molar-refractivity contribution in [1.82, 2.24) is 20.5 Å². The molecular weight excluding hydrogens is 557 g/mol. The summed E-state index contributed by atoms with van der Waals surface area (Å²) in [5.41, 5.74) is 4.19. The quantitative estimate of drug-likeness (QED) is 0.287. The number of carbonyl (C=O) groups is 1. The summed E-state index contributed by atoms with van der Waals surface area (Å²) in [6, 6.07) is 13.0. The topological polar surface area (TPSA) is 75.7 Å². The van der Waals surface area contributed by atoms with Gasteiger partial charge in [0.05, 0.1) is 12.2 Å². The van der Waals surface area contributed by atoms with Crippen molar-refractivity contribution < 1.29 is 27.4 Å². The number of rotatable bonds is 9. The Morgan fingerprint density at radius 1 is 1.10 bits per heavy atom. The number of aromatic nitrogens is 1. The summed E-state index contributed by atoms with van der Waals surface area (Å²) >= 11 is 6.54. The molecule has 218 valence electrons. The molecule has 3 aromatic rings. The molecule has 0 aliphatic carbocycles. The first-order valence-electron chi connectivity index (χ1n) is 12.8. The standard InChI is InChI=1S/C30H32ClF3N4O3/c1-19(23-12-14-25(15-13-23)41-30(32,33)34)36-16-6-7-22-8-10-24(11-9-22)26-20(2)37-21(3)27(31)28(26)40-29(39)38(5)18-17-35-4/h8-15,19,35-36H,16-18H2,1-5H3. The Hall–Kier alpha value is -3.78. The van der Waals surface area contributed by atoms with Gasteiger partial charge in [0.15, 0.2) is 5.75 Å². The van der Waals surface area contributed by atoms with Crippen LogP contribution >= 0.6 is 11.6 Å². The molecule has 1 unspecified atom stereocenters. The molecule has 0 fully saturated rings. The second kappa shape index (κ2) is 14.2. The van der Waals surface area contributed by atoms with Gasteiger partial charge in [0, 0.05) is 43.0 Å². The van der Waals surface area contributed by atoms with Gasteiger partial charge in [-0.15, -0.1) is 13.2 Å². The summed E-state index contributed by atoms with van der Waals surface area (Å²) in [5, 5.41) is 6.49. The Bertz CT molecular complexity index is 1400. The van der Waals surface area contributed by atoms with Crippen LogP contribution in [0.1, 0.15) is 35.5 Å². The fourth-order valence-electron chi connectivity index (χ4n) is 3.91. The van der Waals surface area contributed by atoms with Gasteiger partial charge in [-0.1, -0.05) is 47.7 Å². The van der Waals surface area contributed by atoms with E-state index in [1.807, 2.05) is 38.1 Å². The van der Waals surface area contributed by atoms with Crippen molar-refractivity contribution in [2.75, 3.05) is 33.7 Å². The van der Waals surface area contributed by atoms with E-state index in [0.717, 1.165) is 16.7 Å². The number of amides is 1. The van der Waals surface area contributed by atoms with Crippen LogP contribution in [0.3, 0.4) is 0 Å². The van der Waals surface area contributed by atoms with Crippen LogP contribution in [0.25, 0.3) is 11.1 Å². The summed E-state index contributed by atoms with van der Waals surface area (Å²) in [6.45, 7) is 6.93. The van der Waals surface area contributed by atoms with Crippen molar-refractivity contribution in [2.45, 2.75) is 33.2 Å². The van der Waals surface area contributed by atoms with E-state index < -0.39 is 12.5 Å². The Labute approximate surface area is 243 Å². The molecule has 1 aromatic heterocycles. The highest BCUT2D eigenvalue weighted by Gasteiger charge is 2.31. The zero-order valence-corrected chi connectivity index (χ0v) is 24.2. The molecule has 11 heteroatoms. The molecule has 0 bridgehead atoms. The lowest BCUT2D eigenvalue weighted by Gasteiger charge is -2.20. The van der Waals surface area contributed by atoms with Crippen molar-refractivity contribution in [2.24, 2.45) is 0 Å². The highest BCUT2D eigenvalue weighted by molar-refractivity contribution is 6.33. The van der Waals surface area contributed by atoms with Crippen molar-refractivity contribution >= 4 is 17.7 Å². The summed E-state index contributed by atoms with van der Waals surface area (Å²) in [5.74, 6) is 6.13. The third kappa shape index (κ3) is 9.11. The molecule has 1 heterocycles. The van der Waals surface area contributed by atoms with E-state index >= 15 is 0 Å². The number of benzene rings is 2. The first-order chi connectivity index (χ1) is 19.4. The Kier molecular flexibility index (Phi) is 11.0. The molecule has 2 aromatic carbocycles. The lowest BCUT2D eigenvalue weighted by atomic mass is 10.0. The Morgan fingerprint density at radius 3 is 2.37 bits per heavy atom. The number of nitrogens with one attached hydrogen (secondary N) is 2. The Balaban J connectivity index is 1.68. The SMILES string of the molecule is CNCCN(C)C(=O)Oc1c(Cl)c(C)nc(C)c1-c1ccc(C#CCNC(C)c2ccc(OC(F)(F)F)cc2)cc1. The zero-order valence-electron chi connectivity index (χ0n) is 23.4. The molecule has 3 rings (SSSR count). The fraction of sp³-hybridized carbons (Fsp3) is 0.333. The average molecular weight is 589 g/mol. The molecule has 0 aliphatic rings. The zero-order chi connectivity index (χ0) is 30.2. The van der Waals surface area contributed by atoms with E-state index in [2.05, 4.69) is 32.2 Å². The van der Waals surface area contributed by atoms with Gasteiger partial charge in [0.2, 0.25) is 0 Å². The lowest BCUT2D eigenvalue weighted by molar-refractivity contribution is -0.274. The van der Waals surface area contributed by atoms with Crippen LogP contribution in [0.2, 0.25) is 5.02 Å². The minimum Gasteiger partial charge on any atom is -0.408 e. The second-order valence-electron chi connectivity index (χ2n) is 9.29. The second-order valence-corrected chi connectivity index (χ2v) is 9.67. The fourth-order valence-corrected chi connectivity index (χ4v) is 4.09. The van der Waals surface area contributed by atoms with Crippen LogP contribution in [0.5, 0.6) is 11.5 Å². The van der Waals surface area contributed by atoms with E-state index in [9.17, 15) is 18.0 Å². The van der Waals surface area contributed by atoms with Gasteiger partial charge in [-0.2, -0.15) is 0 Å². The molecule has 0 spiro atoms. The lowest BCUT2D eigenvalue weighted by Crippen LogP contribution is -2.35. The number of hydrogen-bond acceptors (Lipinski definition) is 6. The highest BCUT2D eigenvalue weighted by atomic mass is 35.5. The molecule has 7 nitrogen and oxygen atoms in total. The van der Waals surface area contributed by atoms with E-state index in [0.29, 0.717) is 36.6 Å². The van der Waals surface area contributed by atoms with Gasteiger partial charge >= 0.3 is 12.5 Å². The van der Waals surface area contributed by atoms with Crippen molar-refractivity contribution in [1.29, 1.82) is 0 Å². The molecule has 0 aliphatic heterocycles. The van der Waals surface area contributed by atoms with Crippen molar-refractivity contribution in [3.05, 3.63) is 76.1 Å². The number of alkyl halides is 3. The number of hydrogen-bond donors (Lipinski definition) is 2. The summed E-state index contributed by atoms with van der Waals surface area (Å²) in [7, 11) is 3.46. The van der Waals surface area contributed by atoms with Gasteiger partial charge < -0.3 is 19.7 Å². The van der Waals surface area contributed by atoms with E-state index in [1.165, 1.54) is 17.0 Å². The molecule has 1 amide bonds. The smallest absolute Gasteiger partial charge is 0.408 e. The number of likely N-dealkylation sites (N-methyl/N-ethyl adjacent to an activating group) is 2. The van der Waals surface area contributed by atoms with Gasteiger partial charge in [0.1, 0.15) is 10.8 Å². The van der Waals surface area contributed by atoms with E-state index in [-0.39, 0.29) is 22.6 Å². The molecule has 41 heavy (non-hydrogen) atoms. The van der Waals surface area contributed by atoms with Crippen LogP contribution in [0.4, 0.5) is 18.0 Å². The number of aryl methyl sites for hydroxylation is 2. The van der Waals surface area contributed by atoms with Crippen molar-refractivity contribution in [3.63, 3.8) is 0 Å². The normalized spacial score (nSPS) is 11.8. The molecule has 0 radical (unpaired) electrons. The van der Waals surface area contributed by atoms with Gasteiger partial charge in [-0.3, -0.25) is 10.3 Å². The average Bonchev–Trinajstić information content (AvgIpc) is 2.92. The van der Waals surface area contributed by atoms with Gasteiger partial charge in [-0.05, 0) is 63.2 Å². The van der Waals surface area contributed by atoms with Crippen LogP contribution in [-0.4, -0.2) is 56.1 Å². The third-order valence-corrected chi connectivity index (χ3v) is 6.60. The summed E-state index contributed by atoms with van der Waals surface area (Å²) in [4.78, 5) is 18.7. The largest absolute Gasteiger partial charge is 0.573 e. The minimum atomic E-state index is -4.72. The molecular formula is C30H32ClF3N4O3. The number of carbonyl (C=O) groups excluding carboxylic acids is 1. The number of ether oxygens (including phenoxy) is 2. The molecule has 1 atom stereocenters. The maximum absolute atomic E-state index is 12.7. The van der Waals surface area contributed by atoms with Gasteiger partial charge in [0.25, 0.3) is 0 Å². The number of nitrogens with zero attached hydrogens (tertiary/aromatic N) is 2.